The number of aliphatic hydroxyl groups is 1. The van der Waals surface area contributed by atoms with E-state index in [0.29, 0.717) is 12.1 Å². The number of anilines is 1. The summed E-state index contributed by atoms with van der Waals surface area (Å²) in [5.41, 5.74) is 0.352. The molecule has 3 aromatic rings. The SMILES string of the molecule is CNC(=O)c1csc2c(C(F)(F)F)cc(-c3ccc(N4CCN(CC(C)(C)O)CC4)cc3)nc12. The Bertz CT molecular complexity index is 1180. The van der Waals surface area contributed by atoms with Gasteiger partial charge in [-0.05, 0) is 32.0 Å². The number of hydrogen-bond donors (Lipinski definition) is 2. The molecule has 2 N–H and O–H groups in total. The van der Waals surface area contributed by atoms with E-state index in [4.69, 9.17) is 0 Å². The van der Waals surface area contributed by atoms with E-state index in [1.54, 1.807) is 26.0 Å². The quantitative estimate of drug-likeness (QED) is 0.558. The second kappa shape index (κ2) is 9.16. The van der Waals surface area contributed by atoms with Gasteiger partial charge in [0.25, 0.3) is 5.91 Å². The number of piperazine rings is 1. The number of halogens is 3. The van der Waals surface area contributed by atoms with Gasteiger partial charge in [-0.1, -0.05) is 12.1 Å². The molecule has 1 amide bonds. The second-order valence-electron chi connectivity index (χ2n) is 9.08. The molecular weight excluding hydrogens is 465 g/mol. The minimum absolute atomic E-state index is 0.0459. The number of carbonyl (C=O) groups is 1. The number of benzene rings is 1. The van der Waals surface area contributed by atoms with Crippen LogP contribution in [-0.2, 0) is 6.18 Å². The van der Waals surface area contributed by atoms with Crippen LogP contribution in [-0.4, -0.2) is 66.3 Å². The molecular formula is C24H27F3N4O2S. The van der Waals surface area contributed by atoms with E-state index in [9.17, 15) is 23.1 Å². The number of amides is 1. The van der Waals surface area contributed by atoms with Crippen LogP contribution in [0.5, 0.6) is 0 Å². The van der Waals surface area contributed by atoms with E-state index in [0.717, 1.165) is 49.3 Å². The van der Waals surface area contributed by atoms with Gasteiger partial charge >= 0.3 is 6.18 Å². The van der Waals surface area contributed by atoms with Crippen LogP contribution in [0.2, 0.25) is 0 Å². The third-order valence-corrected chi connectivity index (χ3v) is 6.81. The zero-order valence-electron chi connectivity index (χ0n) is 19.2. The lowest BCUT2D eigenvalue weighted by atomic mass is 10.1. The number of nitrogens with zero attached hydrogens (tertiary/aromatic N) is 3. The van der Waals surface area contributed by atoms with Crippen LogP contribution in [0.15, 0.2) is 35.7 Å². The van der Waals surface area contributed by atoms with Gasteiger partial charge in [-0.25, -0.2) is 4.98 Å². The van der Waals surface area contributed by atoms with Gasteiger partial charge < -0.3 is 15.3 Å². The average molecular weight is 493 g/mol. The van der Waals surface area contributed by atoms with Gasteiger partial charge in [-0.3, -0.25) is 9.69 Å². The standard InChI is InChI=1S/C24H27F3N4O2S/c1-23(2,33)14-30-8-10-31(11-9-30)16-6-4-15(5-7-16)19-12-18(24(25,26)27)21-20(29-19)17(13-34-21)22(32)28-3/h4-7,12-13,33H,8-11,14H2,1-3H3,(H,28,32). The maximum atomic E-state index is 13.8. The van der Waals surface area contributed by atoms with Crippen molar-refractivity contribution >= 4 is 33.1 Å². The van der Waals surface area contributed by atoms with Gasteiger partial charge in [0.15, 0.2) is 0 Å². The van der Waals surface area contributed by atoms with Crippen LogP contribution in [0, 0.1) is 0 Å². The lowest BCUT2D eigenvalue weighted by molar-refractivity contribution is -0.136. The number of thiophene rings is 1. The van der Waals surface area contributed by atoms with Crippen molar-refractivity contribution in [3.8, 4) is 11.3 Å². The fraction of sp³-hybridized carbons (Fsp3) is 0.417. The summed E-state index contributed by atoms with van der Waals surface area (Å²) in [6, 6.07) is 8.34. The van der Waals surface area contributed by atoms with Crippen molar-refractivity contribution in [3.05, 3.63) is 46.8 Å². The maximum absolute atomic E-state index is 13.8. The predicted octanol–water partition coefficient (Wildman–Crippen LogP) is 4.23. The monoisotopic (exact) mass is 492 g/mol. The lowest BCUT2D eigenvalue weighted by Crippen LogP contribution is -2.50. The van der Waals surface area contributed by atoms with E-state index in [-0.39, 0.29) is 21.5 Å². The Morgan fingerprint density at radius 1 is 1.15 bits per heavy atom. The number of nitrogens with one attached hydrogen (secondary N) is 1. The first-order valence-corrected chi connectivity index (χ1v) is 11.9. The van der Waals surface area contributed by atoms with Crippen molar-refractivity contribution in [2.45, 2.75) is 25.6 Å². The molecule has 1 aromatic carbocycles. The Morgan fingerprint density at radius 3 is 2.35 bits per heavy atom. The number of alkyl halides is 3. The smallest absolute Gasteiger partial charge is 0.389 e. The van der Waals surface area contributed by atoms with Gasteiger partial charge in [0.2, 0.25) is 0 Å². The molecule has 0 bridgehead atoms. The van der Waals surface area contributed by atoms with Crippen LogP contribution in [0.1, 0.15) is 29.8 Å². The predicted molar refractivity (Wildman–Crippen MR) is 128 cm³/mol. The van der Waals surface area contributed by atoms with Gasteiger partial charge in [-0.15, -0.1) is 11.3 Å². The number of aromatic nitrogens is 1. The van der Waals surface area contributed by atoms with Crippen LogP contribution in [0.4, 0.5) is 18.9 Å². The highest BCUT2D eigenvalue weighted by molar-refractivity contribution is 7.17. The third kappa shape index (κ3) is 5.18. The van der Waals surface area contributed by atoms with Crippen molar-refractivity contribution in [3.63, 3.8) is 0 Å². The Balaban J connectivity index is 1.61. The first-order valence-electron chi connectivity index (χ1n) is 11.0. The normalized spacial score (nSPS) is 15.7. The third-order valence-electron chi connectivity index (χ3n) is 5.81. The number of fused-ring (bicyclic) bond motifs is 1. The fourth-order valence-electron chi connectivity index (χ4n) is 4.22. The highest BCUT2D eigenvalue weighted by Crippen LogP contribution is 2.40. The molecule has 0 spiro atoms. The first kappa shape index (κ1) is 24.4. The van der Waals surface area contributed by atoms with Crippen LogP contribution < -0.4 is 10.2 Å². The molecule has 2 aromatic heterocycles. The summed E-state index contributed by atoms with van der Waals surface area (Å²) in [6.07, 6.45) is -4.57. The summed E-state index contributed by atoms with van der Waals surface area (Å²) in [6.45, 7) is 7.42. The topological polar surface area (TPSA) is 68.7 Å². The zero-order valence-corrected chi connectivity index (χ0v) is 20.1. The fourth-order valence-corrected chi connectivity index (χ4v) is 5.24. The zero-order chi connectivity index (χ0) is 24.7. The summed E-state index contributed by atoms with van der Waals surface area (Å²) in [4.78, 5) is 21.0. The van der Waals surface area contributed by atoms with Gasteiger partial charge in [0.1, 0.15) is 0 Å². The second-order valence-corrected chi connectivity index (χ2v) is 9.96. The summed E-state index contributed by atoms with van der Waals surface area (Å²) >= 11 is 0.870. The summed E-state index contributed by atoms with van der Waals surface area (Å²) in [7, 11) is 1.43. The highest BCUT2D eigenvalue weighted by atomic mass is 32.1. The van der Waals surface area contributed by atoms with E-state index in [1.165, 1.54) is 12.4 Å². The highest BCUT2D eigenvalue weighted by Gasteiger charge is 2.35. The summed E-state index contributed by atoms with van der Waals surface area (Å²) < 4.78 is 41.4. The Kier molecular flexibility index (Phi) is 6.58. The van der Waals surface area contributed by atoms with Crippen molar-refractivity contribution in [2.24, 2.45) is 0 Å². The van der Waals surface area contributed by atoms with E-state index >= 15 is 0 Å². The van der Waals surface area contributed by atoms with Crippen molar-refractivity contribution in [2.75, 3.05) is 44.7 Å². The number of hydrogen-bond acceptors (Lipinski definition) is 6. The molecule has 0 aliphatic carbocycles. The molecule has 0 unspecified atom stereocenters. The number of β-amino-alcohol motifs (C(OH)–C–C–N with tert-alkyl or cyclic N) is 1. The molecule has 1 aliphatic heterocycles. The minimum Gasteiger partial charge on any atom is -0.389 e. The molecule has 0 atom stereocenters. The molecule has 34 heavy (non-hydrogen) atoms. The molecule has 182 valence electrons. The number of pyridine rings is 1. The van der Waals surface area contributed by atoms with Gasteiger partial charge in [-0.2, -0.15) is 13.2 Å². The summed E-state index contributed by atoms with van der Waals surface area (Å²) in [5, 5.41) is 13.9. The Morgan fingerprint density at radius 2 is 1.79 bits per heavy atom. The molecule has 4 rings (SSSR count). The van der Waals surface area contributed by atoms with Crippen LogP contribution >= 0.6 is 11.3 Å². The molecule has 0 saturated carbocycles. The van der Waals surface area contributed by atoms with Crippen molar-refractivity contribution in [1.29, 1.82) is 0 Å². The molecule has 1 saturated heterocycles. The number of rotatable bonds is 5. The van der Waals surface area contributed by atoms with Crippen LogP contribution in [0.25, 0.3) is 21.5 Å². The van der Waals surface area contributed by atoms with Crippen molar-refractivity contribution < 1.29 is 23.1 Å². The minimum atomic E-state index is -4.57. The Hall–Kier alpha value is -2.69. The average Bonchev–Trinajstić information content (AvgIpc) is 3.21. The molecule has 6 nitrogen and oxygen atoms in total. The Labute approximate surface area is 200 Å². The molecule has 1 aliphatic rings. The molecule has 1 fully saturated rings. The van der Waals surface area contributed by atoms with Gasteiger partial charge in [0.05, 0.1) is 32.6 Å². The van der Waals surface area contributed by atoms with E-state index in [2.05, 4.69) is 20.1 Å². The van der Waals surface area contributed by atoms with E-state index in [1.807, 2.05) is 12.1 Å². The first-order chi connectivity index (χ1) is 16.0. The van der Waals surface area contributed by atoms with Crippen LogP contribution in [0.3, 0.4) is 0 Å². The lowest BCUT2D eigenvalue weighted by Gasteiger charge is -2.38. The number of carbonyl (C=O) groups excluding carboxylic acids is 1. The van der Waals surface area contributed by atoms with Crippen molar-refractivity contribution in [1.82, 2.24) is 15.2 Å². The molecule has 3 heterocycles. The largest absolute Gasteiger partial charge is 0.417 e. The molecule has 0 radical (unpaired) electrons. The maximum Gasteiger partial charge on any atom is 0.417 e. The van der Waals surface area contributed by atoms with E-state index < -0.39 is 23.2 Å². The van der Waals surface area contributed by atoms with Gasteiger partial charge in [0, 0.05) is 56.4 Å². The molecule has 10 heteroatoms. The summed E-state index contributed by atoms with van der Waals surface area (Å²) in [5.74, 6) is -0.469.